The van der Waals surface area contributed by atoms with Gasteiger partial charge < -0.3 is 10.3 Å². The molecule has 0 bridgehead atoms. The van der Waals surface area contributed by atoms with Gasteiger partial charge in [-0.25, -0.2) is 4.98 Å². The summed E-state index contributed by atoms with van der Waals surface area (Å²) in [5.41, 5.74) is 7.24. The van der Waals surface area contributed by atoms with E-state index in [1.807, 2.05) is 43.6 Å². The average molecular weight is 278 g/mol. The minimum atomic E-state index is -0.0373. The van der Waals surface area contributed by atoms with Gasteiger partial charge in [0, 0.05) is 29.9 Å². The van der Waals surface area contributed by atoms with Crippen LogP contribution in [0.25, 0.3) is 0 Å². The smallest absolute Gasteiger partial charge is 0.109 e. The molecule has 2 unspecified atom stereocenters. The first kappa shape index (κ1) is 14.1. The van der Waals surface area contributed by atoms with E-state index in [9.17, 15) is 0 Å². The van der Waals surface area contributed by atoms with E-state index < -0.39 is 0 Å². The van der Waals surface area contributed by atoms with E-state index in [-0.39, 0.29) is 12.1 Å². The van der Waals surface area contributed by atoms with Crippen LogP contribution >= 0.6 is 11.6 Å². The quantitative estimate of drug-likeness (QED) is 0.910. The van der Waals surface area contributed by atoms with Gasteiger partial charge in [-0.1, -0.05) is 36.7 Å². The standard InChI is InChI=1S/C15H20ClN3/c1-3-6-14-18-9-10-19(14)15(11(2)17)12-7-4-5-8-13(12)16/h4-5,7-11,15H,3,6,17H2,1-2H3. The highest BCUT2D eigenvalue weighted by atomic mass is 35.5. The van der Waals surface area contributed by atoms with Gasteiger partial charge in [-0.05, 0) is 25.0 Å². The Kier molecular flexibility index (Phi) is 4.61. The van der Waals surface area contributed by atoms with Crippen LogP contribution in [0.2, 0.25) is 5.02 Å². The molecule has 0 amide bonds. The molecule has 0 aliphatic rings. The van der Waals surface area contributed by atoms with Crippen molar-refractivity contribution >= 4 is 11.6 Å². The number of benzene rings is 1. The largest absolute Gasteiger partial charge is 0.326 e. The minimum absolute atomic E-state index is 0.0257. The molecule has 0 aliphatic carbocycles. The van der Waals surface area contributed by atoms with Crippen LogP contribution in [0, 0.1) is 0 Å². The summed E-state index contributed by atoms with van der Waals surface area (Å²) in [5, 5.41) is 0.751. The van der Waals surface area contributed by atoms with Gasteiger partial charge in [0.05, 0.1) is 6.04 Å². The van der Waals surface area contributed by atoms with E-state index in [0.717, 1.165) is 29.3 Å². The van der Waals surface area contributed by atoms with Gasteiger partial charge >= 0.3 is 0 Å². The Morgan fingerprint density at radius 1 is 1.37 bits per heavy atom. The summed E-state index contributed by atoms with van der Waals surface area (Å²) in [6, 6.07) is 7.86. The van der Waals surface area contributed by atoms with Gasteiger partial charge in [-0.2, -0.15) is 0 Å². The number of imidazole rings is 1. The Labute approximate surface area is 119 Å². The second-order valence-electron chi connectivity index (χ2n) is 4.83. The average Bonchev–Trinajstić information content (AvgIpc) is 2.80. The van der Waals surface area contributed by atoms with Crippen molar-refractivity contribution in [1.29, 1.82) is 0 Å². The maximum absolute atomic E-state index is 6.32. The van der Waals surface area contributed by atoms with Crippen molar-refractivity contribution in [3.8, 4) is 0 Å². The van der Waals surface area contributed by atoms with Crippen LogP contribution in [0.3, 0.4) is 0 Å². The van der Waals surface area contributed by atoms with Crippen molar-refractivity contribution in [3.63, 3.8) is 0 Å². The molecule has 4 heteroatoms. The van der Waals surface area contributed by atoms with E-state index in [0.29, 0.717) is 0 Å². The summed E-state index contributed by atoms with van der Waals surface area (Å²) in [5.74, 6) is 1.06. The predicted octanol–water partition coefficient (Wildman–Crippen LogP) is 3.43. The van der Waals surface area contributed by atoms with Gasteiger partial charge in [0.15, 0.2) is 0 Å². The Bertz CT molecular complexity index is 534. The molecule has 102 valence electrons. The zero-order chi connectivity index (χ0) is 13.8. The molecular weight excluding hydrogens is 258 g/mol. The fourth-order valence-electron chi connectivity index (χ4n) is 2.42. The number of halogens is 1. The highest BCUT2D eigenvalue weighted by Gasteiger charge is 2.22. The Morgan fingerprint density at radius 2 is 2.11 bits per heavy atom. The molecule has 0 spiro atoms. The first-order valence-corrected chi connectivity index (χ1v) is 7.04. The number of nitrogens with zero attached hydrogens (tertiary/aromatic N) is 2. The molecule has 1 aromatic heterocycles. The third kappa shape index (κ3) is 2.99. The first-order valence-electron chi connectivity index (χ1n) is 6.66. The van der Waals surface area contributed by atoms with Crippen molar-refractivity contribution in [2.24, 2.45) is 5.73 Å². The third-order valence-electron chi connectivity index (χ3n) is 3.24. The molecule has 0 fully saturated rings. The first-order chi connectivity index (χ1) is 9.15. The molecule has 2 aromatic rings. The van der Waals surface area contributed by atoms with Gasteiger partial charge in [-0.15, -0.1) is 0 Å². The molecule has 19 heavy (non-hydrogen) atoms. The van der Waals surface area contributed by atoms with Gasteiger partial charge in [0.25, 0.3) is 0 Å². The third-order valence-corrected chi connectivity index (χ3v) is 3.59. The Morgan fingerprint density at radius 3 is 2.74 bits per heavy atom. The molecule has 2 rings (SSSR count). The van der Waals surface area contributed by atoms with Gasteiger partial charge in [0.2, 0.25) is 0 Å². The van der Waals surface area contributed by atoms with Crippen molar-refractivity contribution in [1.82, 2.24) is 9.55 Å². The van der Waals surface area contributed by atoms with E-state index in [4.69, 9.17) is 17.3 Å². The van der Waals surface area contributed by atoms with Crippen molar-refractivity contribution in [2.45, 2.75) is 38.8 Å². The van der Waals surface area contributed by atoms with Crippen molar-refractivity contribution in [2.75, 3.05) is 0 Å². The van der Waals surface area contributed by atoms with Crippen LogP contribution in [0.15, 0.2) is 36.7 Å². The second-order valence-corrected chi connectivity index (χ2v) is 5.23. The molecule has 1 aromatic carbocycles. The summed E-state index contributed by atoms with van der Waals surface area (Å²) in [6.45, 7) is 4.15. The number of rotatable bonds is 5. The van der Waals surface area contributed by atoms with Crippen molar-refractivity contribution in [3.05, 3.63) is 53.1 Å². The Hall–Kier alpha value is -1.32. The predicted molar refractivity (Wildman–Crippen MR) is 79.5 cm³/mol. The molecule has 0 aliphatic heterocycles. The number of hydrogen-bond acceptors (Lipinski definition) is 2. The number of hydrogen-bond donors (Lipinski definition) is 1. The molecule has 2 N–H and O–H groups in total. The van der Waals surface area contributed by atoms with Crippen LogP contribution in [-0.2, 0) is 6.42 Å². The summed E-state index contributed by atoms with van der Waals surface area (Å²) in [6.07, 6.45) is 5.82. The van der Waals surface area contributed by atoms with Crippen molar-refractivity contribution < 1.29 is 0 Å². The van der Waals surface area contributed by atoms with E-state index >= 15 is 0 Å². The molecular formula is C15H20ClN3. The second kappa shape index (κ2) is 6.22. The van der Waals surface area contributed by atoms with Crippen LogP contribution < -0.4 is 5.73 Å². The lowest BCUT2D eigenvalue weighted by atomic mass is 10.0. The van der Waals surface area contributed by atoms with Gasteiger partial charge in [-0.3, -0.25) is 0 Å². The van der Waals surface area contributed by atoms with E-state index in [1.165, 1.54) is 0 Å². The maximum Gasteiger partial charge on any atom is 0.109 e. The summed E-state index contributed by atoms with van der Waals surface area (Å²) >= 11 is 6.32. The van der Waals surface area contributed by atoms with Crippen LogP contribution in [0.1, 0.15) is 37.7 Å². The minimum Gasteiger partial charge on any atom is -0.326 e. The van der Waals surface area contributed by atoms with Crippen LogP contribution in [0.4, 0.5) is 0 Å². The van der Waals surface area contributed by atoms with Crippen LogP contribution in [-0.4, -0.2) is 15.6 Å². The van der Waals surface area contributed by atoms with E-state index in [1.54, 1.807) is 0 Å². The molecule has 3 nitrogen and oxygen atoms in total. The van der Waals surface area contributed by atoms with E-state index in [2.05, 4.69) is 16.5 Å². The fraction of sp³-hybridized carbons (Fsp3) is 0.400. The number of aryl methyl sites for hydroxylation is 1. The molecule has 1 heterocycles. The van der Waals surface area contributed by atoms with Crippen LogP contribution in [0.5, 0.6) is 0 Å². The molecule has 0 radical (unpaired) electrons. The number of aromatic nitrogens is 2. The topological polar surface area (TPSA) is 43.8 Å². The zero-order valence-corrected chi connectivity index (χ0v) is 12.1. The molecule has 2 atom stereocenters. The van der Waals surface area contributed by atoms with Gasteiger partial charge in [0.1, 0.15) is 5.82 Å². The highest BCUT2D eigenvalue weighted by Crippen LogP contribution is 2.29. The highest BCUT2D eigenvalue weighted by molar-refractivity contribution is 6.31. The maximum atomic E-state index is 6.32. The zero-order valence-electron chi connectivity index (χ0n) is 11.4. The summed E-state index contributed by atoms with van der Waals surface area (Å²) in [7, 11) is 0. The lowest BCUT2D eigenvalue weighted by Gasteiger charge is -2.25. The fourth-order valence-corrected chi connectivity index (χ4v) is 2.66. The lowest BCUT2D eigenvalue weighted by molar-refractivity contribution is 0.478. The summed E-state index contributed by atoms with van der Waals surface area (Å²) in [4.78, 5) is 4.43. The summed E-state index contributed by atoms with van der Waals surface area (Å²) < 4.78 is 2.15. The Balaban J connectivity index is 2.46. The molecule has 0 saturated carbocycles. The monoisotopic (exact) mass is 277 g/mol. The SMILES string of the molecule is CCCc1nccn1C(c1ccccc1Cl)C(C)N. The lowest BCUT2D eigenvalue weighted by Crippen LogP contribution is -2.31. The molecule has 0 saturated heterocycles. The normalized spacial score (nSPS) is 14.3. The number of nitrogens with two attached hydrogens (primary N) is 1.